The third-order valence-corrected chi connectivity index (χ3v) is 13.7. The number of aliphatic hydroxyl groups excluding tert-OH is 1. The minimum Gasteiger partial charge on any atom is -0.392 e. The fraction of sp³-hybridized carbons (Fsp3) is 0.581. The Bertz CT molecular complexity index is 2860. The molecule has 4 aliphatic carbocycles. The van der Waals surface area contributed by atoms with Crippen LogP contribution in [-0.2, 0) is 30.3 Å². The number of carbonyl (C=O) groups excluding carboxylic acids is 1. The van der Waals surface area contributed by atoms with Gasteiger partial charge in [-0.2, -0.15) is 13.9 Å². The summed E-state index contributed by atoms with van der Waals surface area (Å²) in [6.07, 6.45) is 10.7. The number of hydrogen-bond donors (Lipinski definition) is 2. The van der Waals surface area contributed by atoms with E-state index in [1.165, 1.54) is 74.8 Å². The minimum atomic E-state index is -3.14. The highest BCUT2D eigenvalue weighted by atomic mass is 19.3. The summed E-state index contributed by atoms with van der Waals surface area (Å²) in [4.78, 5) is 35.2. The molecular formula is C62H86BF8N6O3. The molecule has 2 aromatic carbocycles. The van der Waals surface area contributed by atoms with E-state index in [9.17, 15) is 49.8 Å². The number of alkyl halides is 6. The number of aliphatic hydroxyl groups is 1. The number of Topliss-reactive ketones (excluding diaryl/α,β-unsaturated/α-hetero) is 1. The number of unbranched alkanes of at least 4 members (excludes halogenated alkanes) is 4. The van der Waals surface area contributed by atoms with Gasteiger partial charge in [-0.15, -0.1) is 0 Å². The van der Waals surface area contributed by atoms with Gasteiger partial charge >= 0.3 is 0 Å². The van der Waals surface area contributed by atoms with E-state index in [1.54, 1.807) is 12.1 Å². The van der Waals surface area contributed by atoms with Crippen molar-refractivity contribution in [2.24, 2.45) is 5.92 Å². The van der Waals surface area contributed by atoms with E-state index >= 15 is 0 Å². The van der Waals surface area contributed by atoms with E-state index in [0.29, 0.717) is 45.9 Å². The van der Waals surface area contributed by atoms with Gasteiger partial charge in [0, 0.05) is 54.1 Å². The number of allylic oxidation sites excluding steroid dienone is 2. The van der Waals surface area contributed by atoms with Gasteiger partial charge in [-0.25, -0.2) is 36.3 Å². The summed E-state index contributed by atoms with van der Waals surface area (Å²) >= 11 is 0. The van der Waals surface area contributed by atoms with Crippen LogP contribution in [0.3, 0.4) is 0 Å². The normalized spacial score (nSPS) is 17.0. The van der Waals surface area contributed by atoms with Gasteiger partial charge in [0.25, 0.3) is 17.9 Å². The van der Waals surface area contributed by atoms with E-state index in [1.807, 2.05) is 60.8 Å². The molecule has 9 nitrogen and oxygen atoms in total. The summed E-state index contributed by atoms with van der Waals surface area (Å²) < 4.78 is 112. The summed E-state index contributed by atoms with van der Waals surface area (Å²) in [6, 6.07) is 8.52. The van der Waals surface area contributed by atoms with E-state index < -0.39 is 77.0 Å². The number of nitrogens with zero attached hydrogens (tertiary/aromatic N) is 5. The van der Waals surface area contributed by atoms with Crippen LogP contribution in [0, 0.1) is 36.8 Å². The number of carbonyl (C=O) groups is 1. The number of halogens is 8. The highest BCUT2D eigenvalue weighted by Gasteiger charge is 2.67. The minimum absolute atomic E-state index is 0.0266. The predicted octanol–water partition coefficient (Wildman–Crippen LogP) is 17.4. The number of hydrogen-bond acceptors (Lipinski definition) is 7. The van der Waals surface area contributed by atoms with Crippen molar-refractivity contribution in [2.75, 3.05) is 0 Å². The molecule has 0 saturated heterocycles. The summed E-state index contributed by atoms with van der Waals surface area (Å²) in [7, 11) is 2.00. The Balaban J connectivity index is 0.000000381. The Kier molecular flexibility index (Phi) is 27.7. The first kappa shape index (κ1) is 68.8. The molecular weight excluding hydrogens is 1040 g/mol. The summed E-state index contributed by atoms with van der Waals surface area (Å²) in [5, 5.41) is 22.0. The molecule has 3 heterocycles. The van der Waals surface area contributed by atoms with Crippen molar-refractivity contribution in [2.45, 2.75) is 229 Å². The van der Waals surface area contributed by atoms with Gasteiger partial charge in [-0.3, -0.25) is 18.8 Å². The van der Waals surface area contributed by atoms with Crippen LogP contribution >= 0.6 is 0 Å². The number of fused-ring (bicyclic) bond motifs is 4. The molecule has 441 valence electrons. The Morgan fingerprint density at radius 1 is 0.900 bits per heavy atom. The Morgan fingerprint density at radius 3 is 1.95 bits per heavy atom. The molecule has 3 unspecified atom stereocenters. The summed E-state index contributed by atoms with van der Waals surface area (Å²) in [5.74, 6) is -9.59. The van der Waals surface area contributed by atoms with Crippen molar-refractivity contribution >= 4 is 30.3 Å². The van der Waals surface area contributed by atoms with Crippen LogP contribution in [-0.4, -0.2) is 54.6 Å². The maximum absolute atomic E-state index is 14.5. The molecule has 1 radical (unpaired) electrons. The lowest BCUT2D eigenvalue weighted by Crippen LogP contribution is -2.29. The zero-order valence-corrected chi connectivity index (χ0v) is 49.4. The van der Waals surface area contributed by atoms with Gasteiger partial charge < -0.3 is 10.5 Å². The first-order chi connectivity index (χ1) is 38.0. The lowest BCUT2D eigenvalue weighted by molar-refractivity contribution is -0.118. The van der Waals surface area contributed by atoms with Gasteiger partial charge in [0.05, 0.1) is 24.2 Å². The zero-order valence-electron chi connectivity index (χ0n) is 49.4. The van der Waals surface area contributed by atoms with Crippen LogP contribution in [0.25, 0.3) is 16.7 Å². The second kappa shape index (κ2) is 32.2. The monoisotopic (exact) mass is 1130 g/mol. The van der Waals surface area contributed by atoms with E-state index in [-0.39, 0.29) is 67.6 Å². The molecule has 0 aliphatic heterocycles. The second-order valence-electron chi connectivity index (χ2n) is 20.8. The molecule has 4 aliphatic rings. The molecule has 5 aromatic rings. The van der Waals surface area contributed by atoms with Crippen molar-refractivity contribution in [3.05, 3.63) is 126 Å². The Hall–Kier alpha value is -5.52. The highest BCUT2D eigenvalue weighted by molar-refractivity contribution is 6.31. The van der Waals surface area contributed by atoms with Crippen LogP contribution in [0.4, 0.5) is 35.1 Å². The molecule has 80 heavy (non-hydrogen) atoms. The van der Waals surface area contributed by atoms with Crippen LogP contribution in [0.2, 0.25) is 13.6 Å². The third kappa shape index (κ3) is 17.7. The Morgan fingerprint density at radius 2 is 1.46 bits per heavy atom. The van der Waals surface area contributed by atoms with Crippen molar-refractivity contribution in [3.63, 3.8) is 0 Å². The number of ketones is 1. The number of pyridine rings is 1. The lowest BCUT2D eigenvalue weighted by atomic mass is 9.84. The maximum Gasteiger partial charge on any atom is 0.293 e. The van der Waals surface area contributed by atoms with Crippen molar-refractivity contribution < 1.29 is 45.0 Å². The van der Waals surface area contributed by atoms with Gasteiger partial charge in [-0.05, 0) is 111 Å². The quantitative estimate of drug-likeness (QED) is 0.0353. The smallest absolute Gasteiger partial charge is 0.293 e. The summed E-state index contributed by atoms with van der Waals surface area (Å²) in [5.41, 5.74) is 3.30. The fourth-order valence-corrected chi connectivity index (χ4v) is 9.91. The molecule has 9 rings (SSSR count). The fourth-order valence-electron chi connectivity index (χ4n) is 9.91. The van der Waals surface area contributed by atoms with Crippen LogP contribution in [0.5, 0.6) is 0 Å². The molecule has 0 amide bonds. The molecule has 18 heteroatoms. The average molecular weight is 1130 g/mol. The second-order valence-corrected chi connectivity index (χ2v) is 20.8. The lowest BCUT2D eigenvalue weighted by Gasteiger charge is -2.28. The molecule has 0 spiro atoms. The van der Waals surface area contributed by atoms with Gasteiger partial charge in [-0.1, -0.05) is 132 Å². The molecule has 2 fully saturated rings. The number of rotatable bonds is 15. The van der Waals surface area contributed by atoms with Gasteiger partial charge in [0.2, 0.25) is 5.92 Å². The van der Waals surface area contributed by atoms with Crippen molar-refractivity contribution in [1.29, 1.82) is 5.41 Å². The third-order valence-electron chi connectivity index (χ3n) is 13.7. The predicted molar refractivity (Wildman–Crippen MR) is 308 cm³/mol. The van der Waals surface area contributed by atoms with Gasteiger partial charge in [0.1, 0.15) is 36.1 Å². The molecule has 0 bridgehead atoms. The Labute approximate surface area is 470 Å². The van der Waals surface area contributed by atoms with E-state index in [4.69, 9.17) is 15.4 Å². The molecule has 2 N–H and O–H groups in total. The van der Waals surface area contributed by atoms with Crippen molar-refractivity contribution in [1.82, 2.24) is 24.3 Å². The number of aromatic nitrogens is 5. The SMILES string of the molecule is CC.CC(=O)Cn1nc(C(F)F)c2c1C(F)(F)C1CC21.CCC.CCC.CCCCCCC.C[B]C.Cc1ccc(-n2c(C(Cc3cc(F)cc(F)c3)C3=CC3)nc3nc(C4CCC(F)(F)CC4)cc(CO)c3c2=O)c(C)c1C=N. The number of nitrogens with one attached hydrogen (secondary N) is 1. The van der Waals surface area contributed by atoms with Crippen LogP contribution in [0.15, 0.2) is 52.8 Å². The maximum atomic E-state index is 14.5. The largest absolute Gasteiger partial charge is 0.392 e. The first-order valence-electron chi connectivity index (χ1n) is 28.7. The van der Waals surface area contributed by atoms with Crippen molar-refractivity contribution in [3.8, 4) is 5.69 Å². The van der Waals surface area contributed by atoms with E-state index in [0.717, 1.165) is 21.9 Å². The molecule has 2 saturated carbocycles. The molecule has 3 atom stereocenters. The topological polar surface area (TPSA) is 127 Å². The van der Waals surface area contributed by atoms with Gasteiger partial charge in [0.15, 0.2) is 11.4 Å². The molecule has 3 aromatic heterocycles. The summed E-state index contributed by atoms with van der Waals surface area (Å²) in [6.45, 7) is 25.0. The highest BCUT2D eigenvalue weighted by Crippen LogP contribution is 2.68. The first-order valence-corrected chi connectivity index (χ1v) is 28.7. The zero-order chi connectivity index (χ0) is 60.2. The van der Waals surface area contributed by atoms with Crippen LogP contribution in [0.1, 0.15) is 226 Å². The van der Waals surface area contributed by atoms with Crippen LogP contribution < -0.4 is 5.56 Å². The number of benzene rings is 2. The standard InChI is InChI=1S/C34H32F4N4O2.C11H10F4N2O.C7H16.2C3H8.C2H6B.C2H6/c1-18-3-6-29(19(2)27(18)16-39)42-32(26(21-4-5-21)13-20-11-24(35)15-25(36)12-20)41-31-30(33(42)44)23(17-43)14-28(40-31)22-7-9-34(37,38)10-8-22;1-4(18)3-17-9-7(8(16-17)10(12)13)5-2-6(5)11(9,14)15;1-3-5-7-6-4-2;3*1-3-2;1-2/h3-4,6,11-12,14-16,22,26,39,43H,5,7-10,13,17H2,1-2H3;5-6,10H,2-3H2,1H3;3-7H2,1-2H3;2*3H2,1-2H3;1-2H3;1-2H3. The van der Waals surface area contributed by atoms with E-state index in [2.05, 4.69) is 46.6 Å². The average Bonchev–Trinajstić information content (AvgIpc) is 4.34. The number of aryl methyl sites for hydroxylation is 1.